The Kier molecular flexibility index (Phi) is 3.77. The first kappa shape index (κ1) is 12.8. The lowest BCUT2D eigenvalue weighted by atomic mass is 10.1. The van der Waals surface area contributed by atoms with Crippen LogP contribution in [-0.2, 0) is 5.92 Å². The van der Waals surface area contributed by atoms with Gasteiger partial charge in [0.05, 0.1) is 9.95 Å². The van der Waals surface area contributed by atoms with Crippen LogP contribution in [0.4, 0.5) is 14.5 Å². The van der Waals surface area contributed by atoms with Crippen molar-refractivity contribution < 1.29 is 18.8 Å². The van der Waals surface area contributed by atoms with Crippen molar-refractivity contribution >= 4 is 17.3 Å². The molecule has 88 valence electrons. The van der Waals surface area contributed by atoms with E-state index in [2.05, 4.69) is 0 Å². The Balaban J connectivity index is 3.21. The summed E-state index contributed by atoms with van der Waals surface area (Å²) in [6.45, 7) is -0.730. The first-order chi connectivity index (χ1) is 7.38. The fourth-order valence-electron chi connectivity index (χ4n) is 1.18. The van der Waals surface area contributed by atoms with E-state index >= 15 is 0 Å². The molecule has 7 heteroatoms. The first-order valence-corrected chi connectivity index (χ1v) is 4.69. The zero-order valence-electron chi connectivity index (χ0n) is 7.99. The number of nitrogens with zero attached hydrogens (tertiary/aromatic N) is 1. The minimum absolute atomic E-state index is 0.260. The number of non-ortho nitro benzene ring substituents is 1. The Morgan fingerprint density at radius 3 is 2.62 bits per heavy atom. The van der Waals surface area contributed by atoms with Crippen LogP contribution in [0.25, 0.3) is 0 Å². The monoisotopic (exact) mass is 251 g/mol. The van der Waals surface area contributed by atoms with Gasteiger partial charge in [0.1, 0.15) is 0 Å². The van der Waals surface area contributed by atoms with E-state index in [4.69, 9.17) is 16.7 Å². The van der Waals surface area contributed by atoms with Gasteiger partial charge in [0.2, 0.25) is 0 Å². The molecule has 0 aliphatic rings. The van der Waals surface area contributed by atoms with Crippen LogP contribution in [0.15, 0.2) is 18.2 Å². The second kappa shape index (κ2) is 4.71. The number of halogens is 3. The van der Waals surface area contributed by atoms with Gasteiger partial charge < -0.3 is 5.11 Å². The van der Waals surface area contributed by atoms with E-state index in [1.165, 1.54) is 0 Å². The van der Waals surface area contributed by atoms with Crippen LogP contribution in [0, 0.1) is 10.1 Å². The number of nitro benzene ring substituents is 1. The highest BCUT2D eigenvalue weighted by atomic mass is 35.5. The van der Waals surface area contributed by atoms with Crippen LogP contribution in [0.5, 0.6) is 0 Å². The summed E-state index contributed by atoms with van der Waals surface area (Å²) in [5, 5.41) is 18.6. The molecule has 4 nitrogen and oxygen atoms in total. The number of nitro groups is 1. The molecule has 0 heterocycles. The Bertz CT molecular complexity index is 412. The van der Waals surface area contributed by atoms with Gasteiger partial charge in [-0.15, -0.1) is 0 Å². The maximum atomic E-state index is 13.4. The fourth-order valence-corrected chi connectivity index (χ4v) is 1.44. The highest BCUT2D eigenvalue weighted by Crippen LogP contribution is 2.37. The van der Waals surface area contributed by atoms with Crippen LogP contribution in [-0.4, -0.2) is 16.6 Å². The lowest BCUT2D eigenvalue weighted by molar-refractivity contribution is -0.385. The minimum Gasteiger partial charge on any atom is -0.396 e. The molecule has 0 fully saturated rings. The molecule has 0 spiro atoms. The molecule has 1 aromatic carbocycles. The maximum Gasteiger partial charge on any atom is 0.277 e. The summed E-state index contributed by atoms with van der Waals surface area (Å²) in [7, 11) is 0. The molecule has 0 aliphatic heterocycles. The van der Waals surface area contributed by atoms with Gasteiger partial charge in [-0.2, -0.15) is 0 Å². The highest BCUT2D eigenvalue weighted by molar-refractivity contribution is 6.31. The second-order valence-electron chi connectivity index (χ2n) is 3.10. The fraction of sp³-hybridized carbons (Fsp3) is 0.333. The number of hydrogen-bond donors (Lipinski definition) is 1. The standard InChI is InChI=1S/C9H8ClF2NO3/c10-8-2-1-6(13(15)16)5-7(8)9(11,12)3-4-14/h1-2,5,14H,3-4H2. The average molecular weight is 252 g/mol. The van der Waals surface area contributed by atoms with Gasteiger partial charge in [-0.3, -0.25) is 10.1 Å². The predicted octanol–water partition coefficient (Wildman–Crippen LogP) is 2.72. The largest absolute Gasteiger partial charge is 0.396 e. The Morgan fingerprint density at radius 2 is 2.12 bits per heavy atom. The second-order valence-corrected chi connectivity index (χ2v) is 3.51. The van der Waals surface area contributed by atoms with E-state index in [-0.39, 0.29) is 5.02 Å². The normalized spacial score (nSPS) is 11.5. The van der Waals surface area contributed by atoms with Crippen LogP contribution in [0.1, 0.15) is 12.0 Å². The third-order valence-corrected chi connectivity index (χ3v) is 2.31. The molecule has 0 aliphatic carbocycles. The molecule has 0 saturated carbocycles. The summed E-state index contributed by atoms with van der Waals surface area (Å²) in [4.78, 5) is 9.63. The number of aliphatic hydroxyl groups excluding tert-OH is 1. The van der Waals surface area contributed by atoms with Gasteiger partial charge in [-0.25, -0.2) is 8.78 Å². The van der Waals surface area contributed by atoms with E-state index in [0.29, 0.717) is 0 Å². The van der Waals surface area contributed by atoms with Gasteiger partial charge in [0.25, 0.3) is 11.6 Å². The first-order valence-electron chi connectivity index (χ1n) is 4.31. The lowest BCUT2D eigenvalue weighted by Crippen LogP contribution is -2.16. The van der Waals surface area contributed by atoms with Gasteiger partial charge >= 0.3 is 0 Å². The molecule has 0 atom stereocenters. The minimum atomic E-state index is -3.38. The Morgan fingerprint density at radius 1 is 1.50 bits per heavy atom. The predicted molar refractivity (Wildman–Crippen MR) is 53.7 cm³/mol. The molecule has 0 saturated heterocycles. The molecule has 0 aromatic heterocycles. The molecule has 0 amide bonds. The van der Waals surface area contributed by atoms with Crippen molar-refractivity contribution in [3.63, 3.8) is 0 Å². The van der Waals surface area contributed by atoms with E-state index in [1.54, 1.807) is 0 Å². The van der Waals surface area contributed by atoms with E-state index < -0.39 is 35.1 Å². The average Bonchev–Trinajstić information content (AvgIpc) is 2.17. The zero-order chi connectivity index (χ0) is 12.3. The van der Waals surface area contributed by atoms with E-state index in [1.807, 2.05) is 0 Å². The third kappa shape index (κ3) is 2.65. The van der Waals surface area contributed by atoms with Crippen LogP contribution in [0.2, 0.25) is 5.02 Å². The summed E-state index contributed by atoms with van der Waals surface area (Å²) in [6.07, 6.45) is -0.826. The molecule has 0 bridgehead atoms. The van der Waals surface area contributed by atoms with Crippen molar-refractivity contribution in [2.75, 3.05) is 6.61 Å². The quantitative estimate of drug-likeness (QED) is 0.661. The molecular weight excluding hydrogens is 244 g/mol. The number of alkyl halides is 2. The molecule has 0 radical (unpaired) electrons. The number of benzene rings is 1. The van der Waals surface area contributed by atoms with Gasteiger partial charge in [-0.1, -0.05) is 11.6 Å². The molecular formula is C9H8ClF2NO3. The van der Waals surface area contributed by atoms with Crippen LogP contribution in [0.3, 0.4) is 0 Å². The SMILES string of the molecule is O=[N+]([O-])c1ccc(Cl)c(C(F)(F)CCO)c1. The van der Waals surface area contributed by atoms with Gasteiger partial charge in [0, 0.05) is 30.7 Å². The zero-order valence-corrected chi connectivity index (χ0v) is 8.75. The Labute approximate surface area is 94.6 Å². The number of aliphatic hydroxyl groups is 1. The molecule has 1 N–H and O–H groups in total. The number of rotatable bonds is 4. The Hall–Kier alpha value is -1.27. The van der Waals surface area contributed by atoms with Crippen molar-refractivity contribution in [1.82, 2.24) is 0 Å². The van der Waals surface area contributed by atoms with Crippen LogP contribution < -0.4 is 0 Å². The maximum absolute atomic E-state index is 13.4. The third-order valence-electron chi connectivity index (χ3n) is 1.98. The summed E-state index contributed by atoms with van der Waals surface area (Å²) in [6, 6.07) is 2.80. The summed E-state index contributed by atoms with van der Waals surface area (Å²) < 4.78 is 26.8. The molecule has 1 aromatic rings. The van der Waals surface area contributed by atoms with Crippen molar-refractivity contribution in [3.05, 3.63) is 38.9 Å². The van der Waals surface area contributed by atoms with Crippen molar-refractivity contribution in [2.45, 2.75) is 12.3 Å². The van der Waals surface area contributed by atoms with Gasteiger partial charge in [-0.05, 0) is 6.07 Å². The summed E-state index contributed by atoms with van der Waals surface area (Å²) in [5.41, 5.74) is -1.10. The smallest absolute Gasteiger partial charge is 0.277 e. The summed E-state index contributed by atoms with van der Waals surface area (Å²) >= 11 is 5.54. The van der Waals surface area contributed by atoms with E-state index in [9.17, 15) is 18.9 Å². The van der Waals surface area contributed by atoms with Crippen LogP contribution >= 0.6 is 11.6 Å². The molecule has 16 heavy (non-hydrogen) atoms. The lowest BCUT2D eigenvalue weighted by Gasteiger charge is -2.16. The van der Waals surface area contributed by atoms with Crippen molar-refractivity contribution in [3.8, 4) is 0 Å². The van der Waals surface area contributed by atoms with Gasteiger partial charge in [0.15, 0.2) is 0 Å². The van der Waals surface area contributed by atoms with Crippen molar-refractivity contribution in [1.29, 1.82) is 0 Å². The van der Waals surface area contributed by atoms with E-state index in [0.717, 1.165) is 18.2 Å². The number of hydrogen-bond acceptors (Lipinski definition) is 3. The molecule has 1 rings (SSSR count). The topological polar surface area (TPSA) is 63.4 Å². The summed E-state index contributed by atoms with van der Waals surface area (Å²) in [5.74, 6) is -3.38. The highest BCUT2D eigenvalue weighted by Gasteiger charge is 2.34. The molecule has 0 unspecified atom stereocenters. The van der Waals surface area contributed by atoms with Crippen molar-refractivity contribution in [2.24, 2.45) is 0 Å².